The highest BCUT2D eigenvalue weighted by Gasteiger charge is 2.30. The quantitative estimate of drug-likeness (QED) is 0.813. The fourth-order valence-electron chi connectivity index (χ4n) is 1.18. The average molecular weight is 264 g/mol. The molecule has 17 heavy (non-hydrogen) atoms. The van der Waals surface area contributed by atoms with Crippen molar-refractivity contribution in [3.05, 3.63) is 18.1 Å². The van der Waals surface area contributed by atoms with Crippen LogP contribution in [-0.2, 0) is 0 Å². The number of thiocarbonyl (C=S) groups is 1. The molecule has 3 N–H and O–H groups in total. The van der Waals surface area contributed by atoms with Crippen molar-refractivity contribution in [3.63, 3.8) is 0 Å². The van der Waals surface area contributed by atoms with Crippen molar-refractivity contribution in [2.75, 3.05) is 5.32 Å². The van der Waals surface area contributed by atoms with Gasteiger partial charge in [-0.3, -0.25) is 0 Å². The molecule has 0 bridgehead atoms. The molecule has 0 aliphatic rings. The van der Waals surface area contributed by atoms with Crippen LogP contribution in [0.25, 0.3) is 0 Å². The Kier molecular flexibility index (Phi) is 4.22. The van der Waals surface area contributed by atoms with Gasteiger partial charge in [-0.05, 0) is 6.92 Å². The molecule has 0 fully saturated rings. The molecule has 0 saturated heterocycles. The molecule has 0 aromatic carbocycles. The standard InChI is InChI=1S/C9H11F3N4S/c1-5(2-9(10,11)12)16-7-4-14-6(3-15-7)8(13)17/h3-5H,2H2,1H3,(H2,13,17)(H,15,16). The summed E-state index contributed by atoms with van der Waals surface area (Å²) in [6, 6.07) is -0.778. The van der Waals surface area contributed by atoms with Gasteiger partial charge in [0.1, 0.15) is 16.5 Å². The molecular formula is C9H11F3N4S. The predicted molar refractivity (Wildman–Crippen MR) is 61.7 cm³/mol. The summed E-state index contributed by atoms with van der Waals surface area (Å²) in [7, 11) is 0. The monoisotopic (exact) mass is 264 g/mol. The van der Waals surface area contributed by atoms with E-state index in [0.717, 1.165) is 0 Å². The van der Waals surface area contributed by atoms with Crippen molar-refractivity contribution >= 4 is 23.0 Å². The maximum absolute atomic E-state index is 12.1. The lowest BCUT2D eigenvalue weighted by Gasteiger charge is -2.15. The van der Waals surface area contributed by atoms with Gasteiger partial charge in [0.2, 0.25) is 0 Å². The number of alkyl halides is 3. The van der Waals surface area contributed by atoms with E-state index in [0.29, 0.717) is 5.69 Å². The van der Waals surface area contributed by atoms with Crippen LogP contribution in [-0.4, -0.2) is 27.2 Å². The van der Waals surface area contributed by atoms with Gasteiger partial charge in [0.25, 0.3) is 0 Å². The fourth-order valence-corrected chi connectivity index (χ4v) is 1.29. The lowest BCUT2D eigenvalue weighted by Crippen LogP contribution is -2.24. The Morgan fingerprint density at radius 1 is 1.47 bits per heavy atom. The molecule has 1 unspecified atom stereocenters. The Morgan fingerprint density at radius 2 is 2.12 bits per heavy atom. The van der Waals surface area contributed by atoms with Crippen LogP contribution in [0, 0.1) is 0 Å². The van der Waals surface area contributed by atoms with Gasteiger partial charge in [-0.25, -0.2) is 9.97 Å². The summed E-state index contributed by atoms with van der Waals surface area (Å²) in [4.78, 5) is 7.81. The molecule has 1 aromatic heterocycles. The second-order valence-electron chi connectivity index (χ2n) is 3.52. The van der Waals surface area contributed by atoms with Gasteiger partial charge in [-0.2, -0.15) is 13.2 Å². The number of nitrogens with one attached hydrogen (secondary N) is 1. The number of hydrogen-bond donors (Lipinski definition) is 2. The van der Waals surface area contributed by atoms with Crippen molar-refractivity contribution in [2.24, 2.45) is 5.73 Å². The smallest absolute Gasteiger partial charge is 0.388 e. The van der Waals surface area contributed by atoms with Crippen molar-refractivity contribution < 1.29 is 13.2 Å². The first-order valence-electron chi connectivity index (χ1n) is 4.73. The number of hydrogen-bond acceptors (Lipinski definition) is 4. The van der Waals surface area contributed by atoms with Crippen molar-refractivity contribution in [3.8, 4) is 0 Å². The molecule has 4 nitrogen and oxygen atoms in total. The highest BCUT2D eigenvalue weighted by atomic mass is 32.1. The predicted octanol–water partition coefficient (Wildman–Crippen LogP) is 1.86. The molecule has 0 aliphatic carbocycles. The van der Waals surface area contributed by atoms with Gasteiger partial charge in [0.05, 0.1) is 18.8 Å². The van der Waals surface area contributed by atoms with Crippen molar-refractivity contribution in [1.82, 2.24) is 9.97 Å². The Morgan fingerprint density at radius 3 is 2.53 bits per heavy atom. The molecule has 0 spiro atoms. The lowest BCUT2D eigenvalue weighted by molar-refractivity contribution is -0.136. The SMILES string of the molecule is CC(CC(F)(F)F)Nc1cnc(C(N)=S)cn1. The van der Waals surface area contributed by atoms with Crippen LogP contribution in [0.3, 0.4) is 0 Å². The second kappa shape index (κ2) is 5.26. The highest BCUT2D eigenvalue weighted by Crippen LogP contribution is 2.22. The molecule has 1 rings (SSSR count). The van der Waals surface area contributed by atoms with Crippen LogP contribution in [0.5, 0.6) is 0 Å². The van der Waals surface area contributed by atoms with Crippen LogP contribution in [0.2, 0.25) is 0 Å². The average Bonchev–Trinajstić information content (AvgIpc) is 2.15. The minimum Gasteiger partial charge on any atom is -0.388 e. The zero-order valence-electron chi connectivity index (χ0n) is 8.95. The summed E-state index contributed by atoms with van der Waals surface area (Å²) in [5, 5.41) is 2.59. The largest absolute Gasteiger partial charge is 0.391 e. The normalized spacial score (nSPS) is 13.2. The number of nitrogens with zero attached hydrogens (tertiary/aromatic N) is 2. The third-order valence-electron chi connectivity index (χ3n) is 1.84. The number of aromatic nitrogens is 2. The topological polar surface area (TPSA) is 63.8 Å². The Balaban J connectivity index is 2.60. The number of halogens is 3. The van der Waals surface area contributed by atoms with E-state index in [-0.39, 0.29) is 10.8 Å². The van der Waals surface area contributed by atoms with Crippen LogP contribution in [0.15, 0.2) is 12.4 Å². The molecule has 1 heterocycles. The van der Waals surface area contributed by atoms with E-state index < -0.39 is 18.6 Å². The van der Waals surface area contributed by atoms with E-state index >= 15 is 0 Å². The number of anilines is 1. The molecule has 8 heteroatoms. The first kappa shape index (κ1) is 13.6. The molecule has 1 atom stereocenters. The maximum Gasteiger partial charge on any atom is 0.391 e. The van der Waals surface area contributed by atoms with Gasteiger partial charge < -0.3 is 11.1 Å². The van der Waals surface area contributed by atoms with Gasteiger partial charge in [0, 0.05) is 6.04 Å². The van der Waals surface area contributed by atoms with Crippen LogP contribution in [0.1, 0.15) is 19.0 Å². The Bertz CT molecular complexity index is 390. The summed E-state index contributed by atoms with van der Waals surface area (Å²) < 4.78 is 36.2. The molecular weight excluding hydrogens is 253 g/mol. The van der Waals surface area contributed by atoms with E-state index in [1.165, 1.54) is 19.3 Å². The zero-order chi connectivity index (χ0) is 13.1. The van der Waals surface area contributed by atoms with E-state index in [9.17, 15) is 13.2 Å². The lowest BCUT2D eigenvalue weighted by atomic mass is 10.2. The Hall–Kier alpha value is -1.44. The van der Waals surface area contributed by atoms with E-state index in [2.05, 4.69) is 27.5 Å². The number of nitrogens with two attached hydrogens (primary N) is 1. The van der Waals surface area contributed by atoms with Crippen molar-refractivity contribution in [2.45, 2.75) is 25.6 Å². The highest BCUT2D eigenvalue weighted by molar-refractivity contribution is 7.80. The Labute approximate surface area is 101 Å². The summed E-state index contributed by atoms with van der Waals surface area (Å²) in [6.07, 6.45) is -2.54. The maximum atomic E-state index is 12.1. The van der Waals surface area contributed by atoms with Crippen molar-refractivity contribution in [1.29, 1.82) is 0 Å². The summed E-state index contributed by atoms with van der Waals surface area (Å²) in [5.74, 6) is 0.252. The molecule has 1 aromatic rings. The molecule has 0 radical (unpaired) electrons. The van der Waals surface area contributed by atoms with E-state index in [4.69, 9.17) is 5.73 Å². The summed E-state index contributed by atoms with van der Waals surface area (Å²) >= 11 is 4.67. The van der Waals surface area contributed by atoms with E-state index in [1.54, 1.807) is 0 Å². The van der Waals surface area contributed by atoms with Crippen LogP contribution >= 0.6 is 12.2 Å². The van der Waals surface area contributed by atoms with Crippen LogP contribution < -0.4 is 11.1 Å². The second-order valence-corrected chi connectivity index (χ2v) is 3.96. The molecule has 0 aliphatic heterocycles. The van der Waals surface area contributed by atoms with Gasteiger partial charge >= 0.3 is 6.18 Å². The fraction of sp³-hybridized carbons (Fsp3) is 0.444. The van der Waals surface area contributed by atoms with Gasteiger partial charge in [0.15, 0.2) is 0 Å². The zero-order valence-corrected chi connectivity index (χ0v) is 9.77. The minimum absolute atomic E-state index is 0.0902. The van der Waals surface area contributed by atoms with Gasteiger partial charge in [-0.1, -0.05) is 12.2 Å². The molecule has 0 saturated carbocycles. The van der Waals surface area contributed by atoms with E-state index in [1.807, 2.05) is 0 Å². The minimum atomic E-state index is -4.21. The summed E-state index contributed by atoms with van der Waals surface area (Å²) in [5.41, 5.74) is 5.64. The van der Waals surface area contributed by atoms with Gasteiger partial charge in [-0.15, -0.1) is 0 Å². The third kappa shape index (κ3) is 4.94. The first-order valence-corrected chi connectivity index (χ1v) is 5.14. The molecule has 0 amide bonds. The van der Waals surface area contributed by atoms with Crippen LogP contribution in [0.4, 0.5) is 19.0 Å². The molecule has 94 valence electrons. The third-order valence-corrected chi connectivity index (χ3v) is 2.05. The first-order chi connectivity index (χ1) is 7.78. The summed E-state index contributed by atoms with van der Waals surface area (Å²) in [6.45, 7) is 1.41. The number of rotatable bonds is 4.